The van der Waals surface area contributed by atoms with Crippen LogP contribution in [0.3, 0.4) is 0 Å². The number of amidine groups is 1. The summed E-state index contributed by atoms with van der Waals surface area (Å²) in [6, 6.07) is 2.75. The number of carboxylic acids is 1. The van der Waals surface area contributed by atoms with E-state index < -0.39 is 11.5 Å². The highest BCUT2D eigenvalue weighted by molar-refractivity contribution is 6.29. The molecule has 1 amide bonds. The summed E-state index contributed by atoms with van der Waals surface area (Å²) in [4.78, 5) is 32.2. The van der Waals surface area contributed by atoms with Crippen molar-refractivity contribution in [1.29, 1.82) is 0 Å². The van der Waals surface area contributed by atoms with E-state index in [1.165, 1.54) is 12.1 Å². The quantitative estimate of drug-likeness (QED) is 0.818. The number of aromatic nitrogens is 1. The van der Waals surface area contributed by atoms with Gasteiger partial charge in [-0.15, -0.1) is 0 Å². The van der Waals surface area contributed by atoms with Crippen molar-refractivity contribution >= 4 is 29.3 Å². The van der Waals surface area contributed by atoms with Gasteiger partial charge in [0.05, 0.1) is 5.56 Å². The molecule has 0 bridgehead atoms. The molecule has 1 atom stereocenters. The Labute approximate surface area is 144 Å². The van der Waals surface area contributed by atoms with E-state index in [9.17, 15) is 14.7 Å². The molecule has 1 aliphatic rings. The summed E-state index contributed by atoms with van der Waals surface area (Å²) in [5.74, 6) is -1.27. The Morgan fingerprint density at radius 2 is 2.17 bits per heavy atom. The van der Waals surface area contributed by atoms with Gasteiger partial charge in [0, 0.05) is 11.1 Å². The van der Waals surface area contributed by atoms with E-state index in [0.717, 1.165) is 0 Å². The molecule has 1 aromatic heterocycles. The molecule has 0 radical (unpaired) electrons. The summed E-state index contributed by atoms with van der Waals surface area (Å²) < 4.78 is 5.33. The van der Waals surface area contributed by atoms with E-state index in [1.54, 1.807) is 6.92 Å². The van der Waals surface area contributed by atoms with Crippen LogP contribution in [0.25, 0.3) is 0 Å². The number of ether oxygens (including phenoxy) is 1. The fraction of sp³-hybridized carbons (Fsp3) is 0.375. The van der Waals surface area contributed by atoms with Gasteiger partial charge in [-0.3, -0.25) is 4.79 Å². The van der Waals surface area contributed by atoms with Crippen molar-refractivity contribution in [3.63, 3.8) is 0 Å². The van der Waals surface area contributed by atoms with E-state index in [0.29, 0.717) is 0 Å². The highest BCUT2D eigenvalue weighted by Crippen LogP contribution is 2.27. The first kappa shape index (κ1) is 17.9. The van der Waals surface area contributed by atoms with Crippen LogP contribution in [-0.2, 0) is 4.79 Å². The van der Waals surface area contributed by atoms with Crippen LogP contribution in [0.4, 0.5) is 0 Å². The molecule has 128 valence electrons. The highest BCUT2D eigenvalue weighted by Gasteiger charge is 2.43. The Morgan fingerprint density at radius 1 is 1.50 bits per heavy atom. The van der Waals surface area contributed by atoms with Crippen LogP contribution in [0.15, 0.2) is 28.7 Å². The van der Waals surface area contributed by atoms with Crippen molar-refractivity contribution in [2.24, 2.45) is 10.9 Å². The average Bonchev–Trinajstić information content (AvgIpc) is 2.81. The maximum absolute atomic E-state index is 12.2. The average molecular weight is 352 g/mol. The molecule has 8 heteroatoms. The third kappa shape index (κ3) is 3.41. The van der Waals surface area contributed by atoms with Crippen LogP contribution in [-0.4, -0.2) is 39.9 Å². The number of carbonyl (C=O) groups is 2. The van der Waals surface area contributed by atoms with Gasteiger partial charge in [-0.1, -0.05) is 32.0 Å². The SMILES string of the molecule is C=C(Cl)COc1ccc(C(=O)O)c(C2=NC(C)(C(C)C)C(=O)N2)n1. The van der Waals surface area contributed by atoms with E-state index >= 15 is 0 Å². The Kier molecular flexibility index (Phi) is 4.94. The fourth-order valence-electron chi connectivity index (χ4n) is 2.08. The molecule has 1 aliphatic heterocycles. The molecule has 0 spiro atoms. The van der Waals surface area contributed by atoms with Gasteiger partial charge in [-0.25, -0.2) is 14.8 Å². The smallest absolute Gasteiger partial charge is 0.338 e. The number of aliphatic imine (C=N–C) groups is 1. The maximum atomic E-state index is 12.2. The molecule has 2 heterocycles. The van der Waals surface area contributed by atoms with Crippen LogP contribution in [0.1, 0.15) is 36.8 Å². The van der Waals surface area contributed by atoms with Gasteiger partial charge in [0.15, 0.2) is 5.84 Å². The zero-order valence-corrected chi connectivity index (χ0v) is 14.3. The lowest BCUT2D eigenvalue weighted by Gasteiger charge is -2.21. The van der Waals surface area contributed by atoms with Gasteiger partial charge in [0.1, 0.15) is 17.8 Å². The lowest BCUT2D eigenvalue weighted by atomic mass is 9.89. The molecular weight excluding hydrogens is 334 g/mol. The van der Waals surface area contributed by atoms with Crippen molar-refractivity contribution in [1.82, 2.24) is 10.3 Å². The number of halogens is 1. The molecule has 2 rings (SSSR count). The summed E-state index contributed by atoms with van der Waals surface area (Å²) in [7, 11) is 0. The Morgan fingerprint density at radius 3 is 2.67 bits per heavy atom. The molecule has 24 heavy (non-hydrogen) atoms. The second-order valence-corrected chi connectivity index (χ2v) is 6.41. The molecule has 0 saturated heterocycles. The monoisotopic (exact) mass is 351 g/mol. The van der Waals surface area contributed by atoms with Crippen LogP contribution >= 0.6 is 11.6 Å². The predicted octanol–water partition coefficient (Wildman–Crippen LogP) is 2.20. The van der Waals surface area contributed by atoms with E-state index in [2.05, 4.69) is 21.9 Å². The highest BCUT2D eigenvalue weighted by atomic mass is 35.5. The second kappa shape index (κ2) is 6.60. The standard InChI is InChI=1S/C16H18ClN3O4/c1-8(2)16(4)15(23)19-13(20-16)12-10(14(21)22)5-6-11(18-12)24-7-9(3)17/h5-6,8H,3,7H2,1-2,4H3,(H,21,22)(H,19,20,23). The van der Waals surface area contributed by atoms with E-state index in [1.807, 2.05) is 13.8 Å². The van der Waals surface area contributed by atoms with Gasteiger partial charge in [-0.2, -0.15) is 0 Å². The first-order valence-corrected chi connectivity index (χ1v) is 7.65. The lowest BCUT2D eigenvalue weighted by molar-refractivity contribution is -0.124. The third-order valence-corrected chi connectivity index (χ3v) is 3.97. The Bertz CT molecular complexity index is 745. The summed E-state index contributed by atoms with van der Waals surface area (Å²) in [6.07, 6.45) is 0. The van der Waals surface area contributed by atoms with Crippen LogP contribution in [0.2, 0.25) is 0 Å². The van der Waals surface area contributed by atoms with Crippen molar-refractivity contribution < 1.29 is 19.4 Å². The topological polar surface area (TPSA) is 101 Å². The first-order valence-electron chi connectivity index (χ1n) is 7.27. The van der Waals surface area contributed by atoms with Crippen LogP contribution in [0.5, 0.6) is 5.88 Å². The van der Waals surface area contributed by atoms with E-state index in [-0.39, 0.29) is 46.4 Å². The largest absolute Gasteiger partial charge is 0.478 e. The molecule has 1 unspecified atom stereocenters. The minimum atomic E-state index is -1.18. The van der Waals surface area contributed by atoms with Gasteiger partial charge in [-0.05, 0) is 18.9 Å². The number of carboxylic acid groups (broad SMARTS) is 1. The summed E-state index contributed by atoms with van der Waals surface area (Å²) in [6.45, 7) is 8.95. The predicted molar refractivity (Wildman–Crippen MR) is 89.6 cm³/mol. The van der Waals surface area contributed by atoms with Crippen molar-refractivity contribution in [3.05, 3.63) is 35.0 Å². The molecule has 0 aromatic carbocycles. The fourth-order valence-corrected chi connectivity index (χ4v) is 2.13. The molecule has 1 aromatic rings. The molecule has 7 nitrogen and oxygen atoms in total. The molecule has 2 N–H and O–H groups in total. The number of amides is 1. The number of nitrogens with one attached hydrogen (secondary N) is 1. The van der Waals surface area contributed by atoms with Crippen molar-refractivity contribution in [2.45, 2.75) is 26.3 Å². The van der Waals surface area contributed by atoms with Crippen molar-refractivity contribution in [3.8, 4) is 5.88 Å². The summed E-state index contributed by atoms with van der Waals surface area (Å²) in [5.41, 5.74) is -1.02. The Balaban J connectivity index is 2.47. The number of hydrogen-bond donors (Lipinski definition) is 2. The number of pyridine rings is 1. The number of rotatable bonds is 6. The number of hydrogen-bond acceptors (Lipinski definition) is 5. The third-order valence-electron chi connectivity index (χ3n) is 3.86. The van der Waals surface area contributed by atoms with Crippen LogP contribution < -0.4 is 10.1 Å². The summed E-state index contributed by atoms with van der Waals surface area (Å²) in [5, 5.41) is 12.2. The molecular formula is C16H18ClN3O4. The van der Waals surface area contributed by atoms with Crippen molar-refractivity contribution in [2.75, 3.05) is 6.61 Å². The lowest BCUT2D eigenvalue weighted by Crippen LogP contribution is -2.41. The van der Waals surface area contributed by atoms with Gasteiger partial charge >= 0.3 is 5.97 Å². The molecule has 0 saturated carbocycles. The van der Waals surface area contributed by atoms with Crippen LogP contribution in [0, 0.1) is 5.92 Å². The number of nitrogens with zero attached hydrogens (tertiary/aromatic N) is 2. The zero-order chi connectivity index (χ0) is 18.1. The number of aromatic carboxylic acids is 1. The molecule has 0 fully saturated rings. The van der Waals surface area contributed by atoms with Gasteiger partial charge < -0.3 is 15.2 Å². The Hall–Kier alpha value is -2.41. The number of carbonyl (C=O) groups excluding carboxylic acids is 1. The molecule has 0 aliphatic carbocycles. The second-order valence-electron chi connectivity index (χ2n) is 5.87. The minimum Gasteiger partial charge on any atom is -0.478 e. The maximum Gasteiger partial charge on any atom is 0.338 e. The minimum absolute atomic E-state index is 0.0307. The first-order chi connectivity index (χ1) is 11.1. The van der Waals surface area contributed by atoms with Gasteiger partial charge in [0.2, 0.25) is 5.88 Å². The normalized spacial score (nSPS) is 19.9. The van der Waals surface area contributed by atoms with Gasteiger partial charge in [0.25, 0.3) is 5.91 Å². The summed E-state index contributed by atoms with van der Waals surface area (Å²) >= 11 is 5.65. The van der Waals surface area contributed by atoms with E-state index in [4.69, 9.17) is 16.3 Å². The zero-order valence-electron chi connectivity index (χ0n) is 13.6.